The van der Waals surface area contributed by atoms with Crippen LogP contribution in [-0.2, 0) is 20.5 Å². The summed E-state index contributed by atoms with van der Waals surface area (Å²) in [5, 5.41) is 0. The zero-order valence-corrected chi connectivity index (χ0v) is 10.7. The van der Waals surface area contributed by atoms with Crippen LogP contribution in [-0.4, -0.2) is 18.4 Å². The lowest BCUT2D eigenvalue weighted by molar-refractivity contribution is -0.144. The minimum absolute atomic E-state index is 0.170. The first-order valence-electron chi connectivity index (χ1n) is 5.86. The molecule has 1 aromatic rings. The SMILES string of the molecule is CCOC(=O)CC(=O)C=Cc1cccc(C(F)(F)F)c1. The van der Waals surface area contributed by atoms with Crippen LogP contribution in [0.5, 0.6) is 0 Å². The molecule has 0 saturated heterocycles. The van der Waals surface area contributed by atoms with Gasteiger partial charge in [0.15, 0.2) is 5.78 Å². The zero-order valence-electron chi connectivity index (χ0n) is 10.7. The summed E-state index contributed by atoms with van der Waals surface area (Å²) >= 11 is 0. The molecule has 0 aliphatic carbocycles. The van der Waals surface area contributed by atoms with Gasteiger partial charge in [-0.2, -0.15) is 13.2 Å². The van der Waals surface area contributed by atoms with Gasteiger partial charge >= 0.3 is 12.1 Å². The van der Waals surface area contributed by atoms with Gasteiger partial charge in [0, 0.05) is 0 Å². The van der Waals surface area contributed by atoms with E-state index in [0.717, 1.165) is 18.2 Å². The number of halogens is 3. The highest BCUT2D eigenvalue weighted by Gasteiger charge is 2.30. The van der Waals surface area contributed by atoms with E-state index in [-0.39, 0.29) is 12.2 Å². The fraction of sp³-hybridized carbons (Fsp3) is 0.286. The summed E-state index contributed by atoms with van der Waals surface area (Å²) < 4.78 is 42.0. The first-order chi connectivity index (χ1) is 9.32. The molecule has 0 atom stereocenters. The lowest BCUT2D eigenvalue weighted by Crippen LogP contribution is -2.09. The molecule has 0 aliphatic heterocycles. The number of hydrogen-bond acceptors (Lipinski definition) is 3. The molecule has 0 heterocycles. The summed E-state index contributed by atoms with van der Waals surface area (Å²) in [5.74, 6) is -1.19. The predicted octanol–water partition coefficient (Wildman–Crippen LogP) is 3.24. The predicted molar refractivity (Wildman–Crippen MR) is 66.7 cm³/mol. The van der Waals surface area contributed by atoms with Crippen LogP contribution in [0.15, 0.2) is 30.3 Å². The minimum atomic E-state index is -4.43. The molecule has 0 fully saturated rings. The highest BCUT2D eigenvalue weighted by atomic mass is 19.4. The molecule has 3 nitrogen and oxygen atoms in total. The van der Waals surface area contributed by atoms with Gasteiger partial charge in [-0.25, -0.2) is 0 Å². The highest BCUT2D eigenvalue weighted by Crippen LogP contribution is 2.29. The van der Waals surface area contributed by atoms with E-state index in [2.05, 4.69) is 4.74 Å². The normalized spacial score (nSPS) is 11.6. The van der Waals surface area contributed by atoms with Gasteiger partial charge in [0.05, 0.1) is 12.2 Å². The number of carbonyl (C=O) groups is 2. The number of ketones is 1. The molecule has 20 heavy (non-hydrogen) atoms. The number of rotatable bonds is 5. The van der Waals surface area contributed by atoms with Crippen LogP contribution in [0.4, 0.5) is 13.2 Å². The van der Waals surface area contributed by atoms with E-state index in [0.29, 0.717) is 0 Å². The monoisotopic (exact) mass is 286 g/mol. The van der Waals surface area contributed by atoms with Crippen molar-refractivity contribution in [2.75, 3.05) is 6.61 Å². The van der Waals surface area contributed by atoms with Gasteiger partial charge in [0.1, 0.15) is 6.42 Å². The van der Waals surface area contributed by atoms with E-state index >= 15 is 0 Å². The molecular formula is C14H13F3O3. The molecule has 0 amide bonds. The molecule has 6 heteroatoms. The van der Waals surface area contributed by atoms with Gasteiger partial charge in [0.25, 0.3) is 0 Å². The zero-order chi connectivity index (χ0) is 15.2. The highest BCUT2D eigenvalue weighted by molar-refractivity contribution is 6.03. The van der Waals surface area contributed by atoms with Gasteiger partial charge in [-0.15, -0.1) is 0 Å². The van der Waals surface area contributed by atoms with Crippen LogP contribution in [0.2, 0.25) is 0 Å². The van der Waals surface area contributed by atoms with Gasteiger partial charge in [-0.3, -0.25) is 9.59 Å². The third-order valence-electron chi connectivity index (χ3n) is 2.30. The van der Waals surface area contributed by atoms with E-state index in [1.807, 2.05) is 0 Å². The average molecular weight is 286 g/mol. The van der Waals surface area contributed by atoms with Crippen molar-refractivity contribution in [3.05, 3.63) is 41.5 Å². The van der Waals surface area contributed by atoms with Gasteiger partial charge in [-0.1, -0.05) is 18.2 Å². The summed E-state index contributed by atoms with van der Waals surface area (Å²) in [6.45, 7) is 1.78. The molecule has 0 bridgehead atoms. The number of alkyl halides is 3. The van der Waals surface area contributed by atoms with Crippen molar-refractivity contribution in [3.63, 3.8) is 0 Å². The Morgan fingerprint density at radius 2 is 2.00 bits per heavy atom. The summed E-state index contributed by atoms with van der Waals surface area (Å²) in [5.41, 5.74) is -0.561. The van der Waals surface area contributed by atoms with Crippen LogP contribution in [0.1, 0.15) is 24.5 Å². The molecule has 0 saturated carbocycles. The van der Waals surface area contributed by atoms with Crippen LogP contribution in [0.3, 0.4) is 0 Å². The maximum absolute atomic E-state index is 12.5. The van der Waals surface area contributed by atoms with Crippen LogP contribution < -0.4 is 0 Å². The Balaban J connectivity index is 2.71. The van der Waals surface area contributed by atoms with Crippen molar-refractivity contribution in [2.45, 2.75) is 19.5 Å². The Labute approximate surface area is 114 Å². The van der Waals surface area contributed by atoms with E-state index in [1.54, 1.807) is 6.92 Å². The molecule has 0 radical (unpaired) electrons. The van der Waals surface area contributed by atoms with Crippen molar-refractivity contribution in [1.29, 1.82) is 0 Å². The van der Waals surface area contributed by atoms with Crippen molar-refractivity contribution >= 4 is 17.8 Å². The van der Waals surface area contributed by atoms with Crippen molar-refractivity contribution in [2.24, 2.45) is 0 Å². The van der Waals surface area contributed by atoms with Crippen LogP contribution >= 0.6 is 0 Å². The van der Waals surface area contributed by atoms with Gasteiger partial charge in [-0.05, 0) is 30.7 Å². The molecule has 0 N–H and O–H groups in total. The first kappa shape index (κ1) is 15.9. The maximum atomic E-state index is 12.5. The Hall–Kier alpha value is -2.11. The van der Waals surface area contributed by atoms with Gasteiger partial charge in [0.2, 0.25) is 0 Å². The van der Waals surface area contributed by atoms with Gasteiger partial charge < -0.3 is 4.74 Å². The molecular weight excluding hydrogens is 273 g/mol. The number of esters is 1. The fourth-order valence-corrected chi connectivity index (χ4v) is 1.42. The number of ether oxygens (including phenoxy) is 1. The topological polar surface area (TPSA) is 43.4 Å². The quantitative estimate of drug-likeness (QED) is 0.474. The van der Waals surface area contributed by atoms with Crippen LogP contribution in [0.25, 0.3) is 6.08 Å². The first-order valence-corrected chi connectivity index (χ1v) is 5.86. The van der Waals surface area contributed by atoms with Crippen LogP contribution in [0, 0.1) is 0 Å². The third kappa shape index (κ3) is 5.26. The number of hydrogen-bond donors (Lipinski definition) is 0. The molecule has 0 unspecified atom stereocenters. The number of carbonyl (C=O) groups excluding carboxylic acids is 2. The number of allylic oxidation sites excluding steroid dienone is 1. The smallest absolute Gasteiger partial charge is 0.416 e. The van der Waals surface area contributed by atoms with Crippen molar-refractivity contribution < 1.29 is 27.5 Å². The van der Waals surface area contributed by atoms with E-state index in [4.69, 9.17) is 0 Å². The molecule has 108 valence electrons. The standard InChI is InChI=1S/C14H13F3O3/c1-2-20-13(19)9-12(18)7-6-10-4-3-5-11(8-10)14(15,16)17/h3-8H,2,9H2,1H3. The largest absolute Gasteiger partial charge is 0.466 e. The summed E-state index contributed by atoms with van der Waals surface area (Å²) in [7, 11) is 0. The Morgan fingerprint density at radius 1 is 1.30 bits per heavy atom. The second-order valence-electron chi connectivity index (χ2n) is 3.90. The summed E-state index contributed by atoms with van der Waals surface area (Å²) in [4.78, 5) is 22.4. The lowest BCUT2D eigenvalue weighted by atomic mass is 10.1. The molecule has 0 aliphatic rings. The van der Waals surface area contributed by atoms with E-state index in [9.17, 15) is 22.8 Å². The van der Waals surface area contributed by atoms with E-state index in [1.165, 1.54) is 18.2 Å². The maximum Gasteiger partial charge on any atom is 0.416 e. The molecule has 1 rings (SSSR count). The fourth-order valence-electron chi connectivity index (χ4n) is 1.42. The number of benzene rings is 1. The Bertz CT molecular complexity index is 519. The van der Waals surface area contributed by atoms with E-state index < -0.39 is 29.9 Å². The second kappa shape index (κ2) is 6.88. The van der Waals surface area contributed by atoms with Crippen molar-refractivity contribution in [3.8, 4) is 0 Å². The Kier molecular flexibility index (Phi) is 5.49. The molecule has 1 aromatic carbocycles. The lowest BCUT2D eigenvalue weighted by Gasteiger charge is -2.06. The minimum Gasteiger partial charge on any atom is -0.466 e. The average Bonchev–Trinajstić information content (AvgIpc) is 2.36. The molecule has 0 aromatic heterocycles. The van der Waals surface area contributed by atoms with Crippen molar-refractivity contribution in [1.82, 2.24) is 0 Å². The third-order valence-corrected chi connectivity index (χ3v) is 2.30. The molecule has 0 spiro atoms. The summed E-state index contributed by atoms with van der Waals surface area (Å²) in [6.07, 6.45) is -2.56. The Morgan fingerprint density at radius 3 is 2.60 bits per heavy atom. The summed E-state index contributed by atoms with van der Waals surface area (Å²) in [6, 6.07) is 4.55. The second-order valence-corrected chi connectivity index (χ2v) is 3.90.